The van der Waals surface area contributed by atoms with Gasteiger partial charge in [-0.1, -0.05) is 0 Å². The summed E-state index contributed by atoms with van der Waals surface area (Å²) < 4.78 is 0. The van der Waals surface area contributed by atoms with Crippen LogP contribution in [-0.2, 0) is 0 Å². The summed E-state index contributed by atoms with van der Waals surface area (Å²) >= 11 is 0. The van der Waals surface area contributed by atoms with Gasteiger partial charge in [-0.05, 0) is 50.8 Å². The molecule has 0 bridgehead atoms. The van der Waals surface area contributed by atoms with Gasteiger partial charge in [0, 0.05) is 24.7 Å². The van der Waals surface area contributed by atoms with Gasteiger partial charge in [-0.25, -0.2) is 4.98 Å². The van der Waals surface area contributed by atoms with Crippen LogP contribution in [0.2, 0.25) is 0 Å². The monoisotopic (exact) mass is 351 g/mol. The van der Waals surface area contributed by atoms with E-state index in [-0.39, 0.29) is 11.7 Å². The molecule has 7 heteroatoms. The van der Waals surface area contributed by atoms with Gasteiger partial charge in [0.1, 0.15) is 5.75 Å². The Bertz CT molecular complexity index is 948. The number of phenolic OH excluding ortho intramolecular Hbond substituents is 1. The molecule has 0 radical (unpaired) electrons. The number of phenols is 1. The van der Waals surface area contributed by atoms with Gasteiger partial charge < -0.3 is 14.9 Å². The van der Waals surface area contributed by atoms with E-state index in [1.54, 1.807) is 30.5 Å². The van der Waals surface area contributed by atoms with Gasteiger partial charge in [-0.2, -0.15) is 5.10 Å². The lowest BCUT2D eigenvalue weighted by Gasteiger charge is -2.20. The predicted molar refractivity (Wildman–Crippen MR) is 99.0 cm³/mol. The highest BCUT2D eigenvalue weighted by molar-refractivity contribution is 6.06. The summed E-state index contributed by atoms with van der Waals surface area (Å²) in [7, 11) is 4.09. The van der Waals surface area contributed by atoms with Crippen LogP contribution in [0.5, 0.6) is 5.75 Å². The first-order chi connectivity index (χ1) is 12.5. The molecule has 1 saturated heterocycles. The summed E-state index contributed by atoms with van der Waals surface area (Å²) in [6, 6.07) is 8.99. The summed E-state index contributed by atoms with van der Waals surface area (Å²) in [6.07, 6.45) is 2.62. The zero-order valence-electron chi connectivity index (χ0n) is 14.8. The number of nitrogens with zero attached hydrogens (tertiary/aromatic N) is 4. The van der Waals surface area contributed by atoms with Gasteiger partial charge in [0.25, 0.3) is 5.91 Å². The fourth-order valence-electron chi connectivity index (χ4n) is 3.40. The lowest BCUT2D eigenvalue weighted by Crippen LogP contribution is -2.34. The molecule has 1 aromatic carbocycles. The number of fused-ring (bicyclic) bond motifs is 1. The molecule has 0 saturated carbocycles. The highest BCUT2D eigenvalue weighted by Crippen LogP contribution is 2.27. The smallest absolute Gasteiger partial charge is 0.254 e. The molecule has 7 nitrogen and oxygen atoms in total. The normalized spacial score (nSPS) is 17.3. The van der Waals surface area contributed by atoms with Crippen LogP contribution in [0.1, 0.15) is 16.8 Å². The molecule has 1 unspecified atom stereocenters. The summed E-state index contributed by atoms with van der Waals surface area (Å²) in [5.41, 5.74) is 2.70. The molecule has 0 aliphatic carbocycles. The Kier molecular flexibility index (Phi) is 4.08. The van der Waals surface area contributed by atoms with Crippen LogP contribution in [-0.4, -0.2) is 69.2 Å². The second-order valence-corrected chi connectivity index (χ2v) is 6.89. The van der Waals surface area contributed by atoms with Crippen molar-refractivity contribution in [1.82, 2.24) is 25.0 Å². The largest absolute Gasteiger partial charge is 0.508 e. The first-order valence-corrected chi connectivity index (χ1v) is 8.62. The Balaban J connectivity index is 1.73. The Morgan fingerprint density at radius 1 is 1.31 bits per heavy atom. The number of rotatable bonds is 3. The molecule has 2 aromatic heterocycles. The highest BCUT2D eigenvalue weighted by atomic mass is 16.3. The number of H-pyrrole nitrogens is 1. The van der Waals surface area contributed by atoms with Crippen molar-refractivity contribution in [3.8, 4) is 17.0 Å². The van der Waals surface area contributed by atoms with Gasteiger partial charge in [0.2, 0.25) is 0 Å². The average Bonchev–Trinajstić information content (AvgIpc) is 3.30. The van der Waals surface area contributed by atoms with Gasteiger partial charge in [0.05, 0.1) is 22.8 Å². The minimum atomic E-state index is 0.00294. The second kappa shape index (κ2) is 6.42. The number of hydrogen-bond donors (Lipinski definition) is 2. The number of aromatic nitrogens is 3. The molecule has 3 heterocycles. The maximum absolute atomic E-state index is 13.2. The topological polar surface area (TPSA) is 85.4 Å². The number of carbonyl (C=O) groups excluding carboxylic acids is 1. The van der Waals surface area contributed by atoms with E-state index in [1.807, 2.05) is 25.1 Å². The lowest BCUT2D eigenvalue weighted by molar-refractivity contribution is 0.0785. The molecular formula is C19H21N5O2. The zero-order chi connectivity index (χ0) is 18.3. The van der Waals surface area contributed by atoms with E-state index in [0.717, 1.165) is 30.5 Å². The molecule has 0 spiro atoms. The third-order valence-corrected chi connectivity index (χ3v) is 5.00. The number of nitrogens with one attached hydrogen (secondary N) is 1. The van der Waals surface area contributed by atoms with Gasteiger partial charge >= 0.3 is 0 Å². The van der Waals surface area contributed by atoms with Crippen molar-refractivity contribution in [2.45, 2.75) is 12.5 Å². The summed E-state index contributed by atoms with van der Waals surface area (Å²) in [4.78, 5) is 21.8. The van der Waals surface area contributed by atoms with Crippen LogP contribution < -0.4 is 0 Å². The van der Waals surface area contributed by atoms with Gasteiger partial charge in [-0.15, -0.1) is 0 Å². The minimum absolute atomic E-state index is 0.00294. The number of pyridine rings is 1. The molecule has 1 atom stereocenters. The van der Waals surface area contributed by atoms with Crippen LogP contribution in [0.15, 0.2) is 36.5 Å². The van der Waals surface area contributed by atoms with E-state index in [4.69, 9.17) is 0 Å². The maximum atomic E-state index is 13.2. The fourth-order valence-corrected chi connectivity index (χ4v) is 3.40. The van der Waals surface area contributed by atoms with E-state index in [0.29, 0.717) is 22.9 Å². The molecule has 26 heavy (non-hydrogen) atoms. The highest BCUT2D eigenvalue weighted by Gasteiger charge is 2.29. The number of benzene rings is 1. The molecule has 1 fully saturated rings. The third-order valence-electron chi connectivity index (χ3n) is 5.00. The number of hydrogen-bond acceptors (Lipinski definition) is 5. The maximum Gasteiger partial charge on any atom is 0.254 e. The minimum Gasteiger partial charge on any atom is -0.508 e. The Hall–Kier alpha value is -2.93. The number of likely N-dealkylation sites (N-methyl/N-ethyl adjacent to an activating group) is 1. The molecule has 1 aliphatic rings. The second-order valence-electron chi connectivity index (χ2n) is 6.89. The van der Waals surface area contributed by atoms with Crippen molar-refractivity contribution >= 4 is 16.9 Å². The van der Waals surface area contributed by atoms with E-state index in [1.165, 1.54) is 0 Å². The zero-order valence-corrected chi connectivity index (χ0v) is 14.8. The fraction of sp³-hybridized carbons (Fsp3) is 0.316. The molecule has 1 aliphatic heterocycles. The van der Waals surface area contributed by atoms with E-state index < -0.39 is 0 Å². The van der Waals surface area contributed by atoms with Crippen molar-refractivity contribution in [1.29, 1.82) is 0 Å². The van der Waals surface area contributed by atoms with Crippen molar-refractivity contribution in [3.63, 3.8) is 0 Å². The molecule has 134 valence electrons. The number of aromatic hydroxyl groups is 1. The van der Waals surface area contributed by atoms with Crippen molar-refractivity contribution < 1.29 is 9.90 Å². The van der Waals surface area contributed by atoms with Crippen LogP contribution in [0.25, 0.3) is 22.3 Å². The summed E-state index contributed by atoms with van der Waals surface area (Å²) in [6.45, 7) is 1.47. The van der Waals surface area contributed by atoms with Crippen LogP contribution >= 0.6 is 0 Å². The van der Waals surface area contributed by atoms with Crippen molar-refractivity contribution in [3.05, 3.63) is 42.1 Å². The van der Waals surface area contributed by atoms with Gasteiger partial charge in [-0.3, -0.25) is 9.89 Å². The molecular weight excluding hydrogens is 330 g/mol. The lowest BCUT2D eigenvalue weighted by atomic mass is 10.1. The third kappa shape index (κ3) is 2.90. The summed E-state index contributed by atoms with van der Waals surface area (Å²) in [5.74, 6) is 0.197. The van der Waals surface area contributed by atoms with Crippen LogP contribution in [0.4, 0.5) is 0 Å². The first-order valence-electron chi connectivity index (χ1n) is 8.62. The Morgan fingerprint density at radius 3 is 2.77 bits per heavy atom. The Morgan fingerprint density at radius 2 is 2.08 bits per heavy atom. The average molecular weight is 351 g/mol. The van der Waals surface area contributed by atoms with Gasteiger partial charge in [0.15, 0.2) is 5.65 Å². The summed E-state index contributed by atoms with van der Waals surface area (Å²) in [5, 5.41) is 17.1. The number of carbonyl (C=O) groups is 1. The van der Waals surface area contributed by atoms with Crippen molar-refractivity contribution in [2.24, 2.45) is 0 Å². The van der Waals surface area contributed by atoms with Crippen LogP contribution in [0, 0.1) is 0 Å². The molecule has 3 aromatic rings. The Labute approximate surface area is 151 Å². The van der Waals surface area contributed by atoms with E-state index >= 15 is 0 Å². The SMILES string of the molecule is CN(C)C1CCN(C(=O)c2cc(-c3ccc(O)cc3)nc3[nH]ncc23)C1. The van der Waals surface area contributed by atoms with Crippen molar-refractivity contribution in [2.75, 3.05) is 27.2 Å². The molecule has 2 N–H and O–H groups in total. The van der Waals surface area contributed by atoms with E-state index in [2.05, 4.69) is 20.1 Å². The predicted octanol–water partition coefficient (Wildman–Crippen LogP) is 2.11. The van der Waals surface area contributed by atoms with Crippen LogP contribution in [0.3, 0.4) is 0 Å². The number of aromatic amines is 1. The molecule has 1 amide bonds. The van der Waals surface area contributed by atoms with E-state index in [9.17, 15) is 9.90 Å². The quantitative estimate of drug-likeness (QED) is 0.755. The first kappa shape index (κ1) is 16.5. The molecule has 4 rings (SSSR count). The number of amides is 1. The number of likely N-dealkylation sites (tertiary alicyclic amines) is 1. The standard InChI is InChI=1S/C19H21N5O2/c1-23(2)13-7-8-24(11-13)19(26)15-9-17(12-3-5-14(25)6-4-12)21-18-16(15)10-20-22-18/h3-6,9-10,13,25H,7-8,11H2,1-2H3,(H,20,21,22).